The molecule has 2 aromatic rings. The fraction of sp³-hybridized carbons (Fsp3) is 0.481. The molecule has 0 aliphatic rings. The van der Waals surface area contributed by atoms with Crippen molar-refractivity contribution in [1.82, 2.24) is 31.2 Å². The molecule has 12 heteroatoms. The molecule has 0 spiro atoms. The van der Waals surface area contributed by atoms with Crippen LogP contribution in [0.1, 0.15) is 52.8 Å². The van der Waals surface area contributed by atoms with Crippen molar-refractivity contribution in [2.75, 3.05) is 37.1 Å². The Kier molecular flexibility index (Phi) is 15.7. The van der Waals surface area contributed by atoms with Gasteiger partial charge in [0.15, 0.2) is 0 Å². The Morgan fingerprint density at radius 3 is 1.41 bits per heavy atom. The minimum absolute atomic E-state index is 0.207. The molecule has 0 bridgehead atoms. The summed E-state index contributed by atoms with van der Waals surface area (Å²) in [5.41, 5.74) is 0.920. The van der Waals surface area contributed by atoms with Crippen molar-refractivity contribution in [3.05, 3.63) is 60.2 Å². The number of carbonyl (C=O) groups excluding carboxylic acids is 4. The van der Waals surface area contributed by atoms with Gasteiger partial charge in [0.25, 0.3) is 11.8 Å². The average Bonchev–Trinajstić information content (AvgIpc) is 2.97. The largest absolute Gasteiger partial charge is 0.354 e. The molecular formula is C27H38N6O4S2. The molecule has 39 heavy (non-hydrogen) atoms. The summed E-state index contributed by atoms with van der Waals surface area (Å²) in [5.74, 6) is 0.470. The molecule has 0 fully saturated rings. The molecule has 4 N–H and O–H groups in total. The predicted molar refractivity (Wildman–Crippen MR) is 157 cm³/mol. The number of carbonyl (C=O) groups is 4. The van der Waals surface area contributed by atoms with Crippen molar-refractivity contribution in [3.8, 4) is 0 Å². The van der Waals surface area contributed by atoms with Crippen LogP contribution in [0, 0.1) is 0 Å². The highest BCUT2D eigenvalue weighted by atomic mass is 32.2. The molecule has 0 aliphatic heterocycles. The van der Waals surface area contributed by atoms with E-state index in [0.717, 1.165) is 30.8 Å². The molecule has 10 nitrogen and oxygen atoms in total. The van der Waals surface area contributed by atoms with Crippen LogP contribution in [0.3, 0.4) is 0 Å². The second kappa shape index (κ2) is 19.0. The molecule has 2 atom stereocenters. The van der Waals surface area contributed by atoms with Gasteiger partial charge in [0.1, 0.15) is 12.1 Å². The lowest BCUT2D eigenvalue weighted by Gasteiger charge is -2.19. The summed E-state index contributed by atoms with van der Waals surface area (Å²) in [6.07, 6.45) is 13.4. The maximum Gasteiger partial charge on any atom is 0.252 e. The fourth-order valence-electron chi connectivity index (χ4n) is 3.60. The van der Waals surface area contributed by atoms with Gasteiger partial charge in [-0.3, -0.25) is 29.1 Å². The van der Waals surface area contributed by atoms with E-state index < -0.39 is 12.1 Å². The van der Waals surface area contributed by atoms with Crippen LogP contribution in [0.15, 0.2) is 49.1 Å². The maximum atomic E-state index is 12.7. The summed E-state index contributed by atoms with van der Waals surface area (Å²) in [5, 5.41) is 11.5. The van der Waals surface area contributed by atoms with Crippen LogP contribution < -0.4 is 21.3 Å². The molecule has 2 aromatic heterocycles. The van der Waals surface area contributed by atoms with Crippen molar-refractivity contribution in [3.63, 3.8) is 0 Å². The minimum atomic E-state index is -0.613. The van der Waals surface area contributed by atoms with E-state index in [4.69, 9.17) is 0 Å². The standard InChI is InChI=1S/C27H38N6O4S2/c1-38-18-10-22(32-24(34)20-6-14-28-15-7-20)26(36)30-12-4-3-5-13-31-27(37)23(11-19-39-2)33-25(35)21-8-16-29-17-9-21/h6-9,14-17,22-23H,3-5,10-13,18-19H2,1-2H3,(H,30,36)(H,31,37)(H,32,34)(H,33,35)/t22-,23-/m0/s1. The second-order valence-electron chi connectivity index (χ2n) is 8.73. The van der Waals surface area contributed by atoms with Crippen LogP contribution in [0.25, 0.3) is 0 Å². The van der Waals surface area contributed by atoms with Crippen LogP contribution in [0.5, 0.6) is 0 Å². The molecule has 0 saturated heterocycles. The van der Waals surface area contributed by atoms with E-state index >= 15 is 0 Å². The normalized spacial score (nSPS) is 12.2. The Bertz CT molecular complexity index is 948. The van der Waals surface area contributed by atoms with E-state index in [1.165, 1.54) is 24.8 Å². The van der Waals surface area contributed by atoms with Crippen molar-refractivity contribution < 1.29 is 19.2 Å². The highest BCUT2D eigenvalue weighted by molar-refractivity contribution is 7.98. The second-order valence-corrected chi connectivity index (χ2v) is 10.7. The number of aromatic nitrogens is 2. The maximum absolute atomic E-state index is 12.7. The molecule has 0 aliphatic carbocycles. The van der Waals surface area contributed by atoms with E-state index in [-0.39, 0.29) is 23.6 Å². The average molecular weight is 575 g/mol. The van der Waals surface area contributed by atoms with Gasteiger partial charge in [-0.1, -0.05) is 0 Å². The third kappa shape index (κ3) is 12.5. The number of pyridine rings is 2. The van der Waals surface area contributed by atoms with Crippen LogP contribution in [-0.4, -0.2) is 82.8 Å². The van der Waals surface area contributed by atoms with E-state index in [0.29, 0.717) is 37.1 Å². The molecule has 0 radical (unpaired) electrons. The highest BCUT2D eigenvalue weighted by Crippen LogP contribution is 2.06. The number of nitrogens with zero attached hydrogens (tertiary/aromatic N) is 2. The first-order valence-electron chi connectivity index (χ1n) is 12.9. The van der Waals surface area contributed by atoms with Crippen molar-refractivity contribution in [2.24, 2.45) is 0 Å². The lowest BCUT2D eigenvalue weighted by Crippen LogP contribution is -2.47. The van der Waals surface area contributed by atoms with Gasteiger partial charge >= 0.3 is 0 Å². The van der Waals surface area contributed by atoms with Gasteiger partial charge in [-0.2, -0.15) is 23.5 Å². The summed E-state index contributed by atoms with van der Waals surface area (Å²) < 4.78 is 0. The molecule has 212 valence electrons. The van der Waals surface area contributed by atoms with E-state index in [1.807, 2.05) is 12.5 Å². The van der Waals surface area contributed by atoms with Gasteiger partial charge in [0.2, 0.25) is 11.8 Å². The first kappa shape index (κ1) is 32.1. The van der Waals surface area contributed by atoms with Crippen molar-refractivity contribution >= 4 is 47.2 Å². The number of nitrogens with one attached hydrogen (secondary N) is 4. The Balaban J connectivity index is 1.70. The first-order valence-corrected chi connectivity index (χ1v) is 15.7. The number of amides is 4. The Morgan fingerprint density at radius 2 is 1.05 bits per heavy atom. The van der Waals surface area contributed by atoms with Gasteiger partial charge in [-0.05, 0) is 80.4 Å². The monoisotopic (exact) mass is 574 g/mol. The minimum Gasteiger partial charge on any atom is -0.354 e. The van der Waals surface area contributed by atoms with Crippen LogP contribution >= 0.6 is 23.5 Å². The first-order chi connectivity index (χ1) is 19.0. The molecule has 2 heterocycles. The number of hydrogen-bond donors (Lipinski definition) is 4. The van der Waals surface area contributed by atoms with Crippen molar-refractivity contribution in [2.45, 2.75) is 44.2 Å². The zero-order valence-electron chi connectivity index (χ0n) is 22.5. The van der Waals surface area contributed by atoms with E-state index in [2.05, 4.69) is 31.2 Å². The van der Waals surface area contributed by atoms with Gasteiger partial charge in [0.05, 0.1) is 0 Å². The van der Waals surface area contributed by atoms with E-state index in [1.54, 1.807) is 47.8 Å². The number of thioether (sulfide) groups is 2. The topological polar surface area (TPSA) is 142 Å². The Labute approximate surface area is 238 Å². The molecule has 4 amide bonds. The molecule has 0 aromatic carbocycles. The zero-order valence-corrected chi connectivity index (χ0v) is 24.1. The number of rotatable bonds is 18. The fourth-order valence-corrected chi connectivity index (χ4v) is 4.54. The summed E-state index contributed by atoms with van der Waals surface area (Å²) in [6, 6.07) is 5.21. The molecular weight excluding hydrogens is 536 g/mol. The Hall–Kier alpha value is -3.12. The number of hydrogen-bond acceptors (Lipinski definition) is 8. The van der Waals surface area contributed by atoms with Gasteiger partial charge in [0, 0.05) is 49.0 Å². The smallest absolute Gasteiger partial charge is 0.252 e. The van der Waals surface area contributed by atoms with Gasteiger partial charge in [-0.15, -0.1) is 0 Å². The van der Waals surface area contributed by atoms with Gasteiger partial charge in [-0.25, -0.2) is 0 Å². The van der Waals surface area contributed by atoms with E-state index in [9.17, 15) is 19.2 Å². The summed E-state index contributed by atoms with van der Waals surface area (Å²) in [6.45, 7) is 0.956. The third-order valence-electron chi connectivity index (χ3n) is 5.80. The highest BCUT2D eigenvalue weighted by Gasteiger charge is 2.22. The third-order valence-corrected chi connectivity index (χ3v) is 7.09. The van der Waals surface area contributed by atoms with Crippen LogP contribution in [0.4, 0.5) is 0 Å². The SMILES string of the molecule is CSCC[C@H](NC(=O)c1ccncc1)C(=O)NCCCCCNC(=O)[C@H](CCSC)NC(=O)c1ccncc1. The van der Waals surface area contributed by atoms with Crippen molar-refractivity contribution in [1.29, 1.82) is 0 Å². The quantitative estimate of drug-likeness (QED) is 0.199. The predicted octanol–water partition coefficient (Wildman–Crippen LogP) is 2.28. The van der Waals surface area contributed by atoms with Crippen LogP contribution in [0.2, 0.25) is 0 Å². The molecule has 2 rings (SSSR count). The lowest BCUT2D eigenvalue weighted by atomic mass is 10.1. The summed E-state index contributed by atoms with van der Waals surface area (Å²) >= 11 is 3.23. The van der Waals surface area contributed by atoms with Crippen LogP contribution in [-0.2, 0) is 9.59 Å². The molecule has 0 unspecified atom stereocenters. The lowest BCUT2D eigenvalue weighted by molar-refractivity contribution is -0.123. The molecule has 0 saturated carbocycles. The summed E-state index contributed by atoms with van der Waals surface area (Å²) in [7, 11) is 0. The zero-order chi connectivity index (χ0) is 28.3. The van der Waals surface area contributed by atoms with Gasteiger partial charge < -0.3 is 21.3 Å². The number of unbranched alkanes of at least 4 members (excludes halogenated alkanes) is 2. The summed E-state index contributed by atoms with van der Waals surface area (Å²) in [4.78, 5) is 58.2. The Morgan fingerprint density at radius 1 is 0.667 bits per heavy atom.